The molecule has 2 aliphatic rings. The molecule has 0 atom stereocenters. The van der Waals surface area contributed by atoms with E-state index in [9.17, 15) is 13.2 Å². The van der Waals surface area contributed by atoms with Crippen molar-refractivity contribution in [1.82, 2.24) is 14.5 Å². The predicted octanol–water partition coefficient (Wildman–Crippen LogP) is -0.128. The molecule has 2 heterocycles. The number of hydrogen-bond donors (Lipinski definition) is 1. The Kier molecular flexibility index (Phi) is 6.85. The molecule has 0 radical (unpaired) electrons. The average Bonchev–Trinajstić information content (AvgIpc) is 2.90. The zero-order valence-corrected chi connectivity index (χ0v) is 15.3. The summed E-state index contributed by atoms with van der Waals surface area (Å²) >= 11 is 0. The number of ether oxygens (including phenoxy) is 1. The van der Waals surface area contributed by atoms with Gasteiger partial charge in [-0.25, -0.2) is 12.7 Å². The molecule has 8 nitrogen and oxygen atoms in total. The van der Waals surface area contributed by atoms with Gasteiger partial charge in [0.1, 0.15) is 0 Å². The van der Waals surface area contributed by atoms with Crippen molar-refractivity contribution in [3.8, 4) is 0 Å². The van der Waals surface area contributed by atoms with E-state index in [1.165, 1.54) is 4.31 Å². The summed E-state index contributed by atoms with van der Waals surface area (Å²) in [6.07, 6.45) is 2.21. The highest BCUT2D eigenvalue weighted by Crippen LogP contribution is 2.18. The lowest BCUT2D eigenvalue weighted by atomic mass is 9.97. The Labute approximate surface area is 144 Å². The average molecular weight is 360 g/mol. The van der Waals surface area contributed by atoms with Gasteiger partial charge in [0.2, 0.25) is 10.0 Å². The summed E-state index contributed by atoms with van der Waals surface area (Å²) in [5, 5.41) is 3.23. The van der Waals surface area contributed by atoms with Crippen LogP contribution in [-0.2, 0) is 19.6 Å². The van der Waals surface area contributed by atoms with Gasteiger partial charge in [0, 0.05) is 39.8 Å². The third kappa shape index (κ3) is 4.83. The Balaban J connectivity index is 1.76. The van der Waals surface area contributed by atoms with Gasteiger partial charge in [-0.2, -0.15) is 0 Å². The van der Waals surface area contributed by atoms with Crippen LogP contribution in [0.25, 0.3) is 0 Å². The van der Waals surface area contributed by atoms with Gasteiger partial charge in [0.25, 0.3) is 0 Å². The fraction of sp³-hybridized carbons (Fsp3) is 0.867. The first-order valence-corrected chi connectivity index (χ1v) is 10.2. The van der Waals surface area contributed by atoms with Gasteiger partial charge in [-0.1, -0.05) is 0 Å². The number of carbonyl (C=O) groups excluding carboxylic acids is 1. The van der Waals surface area contributed by atoms with E-state index >= 15 is 0 Å². The highest BCUT2D eigenvalue weighted by atomic mass is 32.2. The SMILES string of the molecule is CCOC(=O)C1CCN(C(=NC)NCCN2CCCS2(=O)=O)CC1. The molecule has 0 aromatic rings. The third-order valence-electron chi connectivity index (χ3n) is 4.47. The molecular formula is C15H28N4O4S. The van der Waals surface area contributed by atoms with Crippen LogP contribution in [0.5, 0.6) is 0 Å². The highest BCUT2D eigenvalue weighted by Gasteiger charge is 2.29. The molecule has 0 unspecified atom stereocenters. The van der Waals surface area contributed by atoms with Crippen LogP contribution in [0.3, 0.4) is 0 Å². The Morgan fingerprint density at radius 1 is 1.29 bits per heavy atom. The second-order valence-corrected chi connectivity index (χ2v) is 8.14. The first kappa shape index (κ1) is 19.0. The number of hydrogen-bond acceptors (Lipinski definition) is 5. The summed E-state index contributed by atoms with van der Waals surface area (Å²) < 4.78 is 30.2. The minimum atomic E-state index is -3.05. The summed E-state index contributed by atoms with van der Waals surface area (Å²) in [6, 6.07) is 0. The Hall–Kier alpha value is -1.35. The Morgan fingerprint density at radius 3 is 2.54 bits per heavy atom. The van der Waals surface area contributed by atoms with Crippen molar-refractivity contribution in [1.29, 1.82) is 0 Å². The number of carbonyl (C=O) groups is 1. The van der Waals surface area contributed by atoms with E-state index in [0.29, 0.717) is 32.7 Å². The summed E-state index contributed by atoms with van der Waals surface area (Å²) in [6.45, 7) is 5.31. The largest absolute Gasteiger partial charge is 0.466 e. The van der Waals surface area contributed by atoms with Crippen molar-refractivity contribution in [2.75, 3.05) is 52.1 Å². The molecular weight excluding hydrogens is 332 g/mol. The standard InChI is InChI=1S/C15H28N4O4S/c1-3-23-14(20)13-5-9-18(10-6-13)15(16-2)17-7-11-19-8-4-12-24(19,21)22/h13H,3-12H2,1-2H3,(H,16,17). The third-order valence-corrected chi connectivity index (χ3v) is 6.43. The summed E-state index contributed by atoms with van der Waals surface area (Å²) in [5.74, 6) is 0.866. The number of piperidine rings is 1. The summed E-state index contributed by atoms with van der Waals surface area (Å²) in [7, 11) is -1.34. The molecule has 138 valence electrons. The molecule has 0 spiro atoms. The van der Waals surface area contributed by atoms with Crippen molar-refractivity contribution in [2.45, 2.75) is 26.2 Å². The van der Waals surface area contributed by atoms with Gasteiger partial charge >= 0.3 is 5.97 Å². The minimum Gasteiger partial charge on any atom is -0.466 e. The van der Waals surface area contributed by atoms with Crippen LogP contribution in [-0.4, -0.2) is 81.7 Å². The lowest BCUT2D eigenvalue weighted by molar-refractivity contribution is -0.149. The first-order valence-electron chi connectivity index (χ1n) is 8.58. The molecule has 0 aromatic heterocycles. The molecule has 0 aliphatic carbocycles. The van der Waals surface area contributed by atoms with E-state index in [-0.39, 0.29) is 17.6 Å². The zero-order chi connectivity index (χ0) is 17.6. The molecule has 2 saturated heterocycles. The molecule has 0 aromatic carbocycles. The number of rotatable bonds is 5. The first-order chi connectivity index (χ1) is 11.5. The zero-order valence-electron chi connectivity index (χ0n) is 14.5. The molecule has 1 N–H and O–H groups in total. The van der Waals surface area contributed by atoms with E-state index in [4.69, 9.17) is 4.74 Å². The number of guanidine groups is 1. The van der Waals surface area contributed by atoms with E-state index < -0.39 is 10.0 Å². The molecule has 0 amide bonds. The van der Waals surface area contributed by atoms with Crippen molar-refractivity contribution < 1.29 is 17.9 Å². The Bertz CT molecular complexity index is 556. The molecule has 2 fully saturated rings. The monoisotopic (exact) mass is 360 g/mol. The van der Waals surface area contributed by atoms with Crippen molar-refractivity contribution >= 4 is 22.0 Å². The Morgan fingerprint density at radius 2 is 2.00 bits per heavy atom. The number of nitrogens with one attached hydrogen (secondary N) is 1. The van der Waals surface area contributed by atoms with Crippen LogP contribution in [0, 0.1) is 5.92 Å². The maximum absolute atomic E-state index is 11.8. The number of aliphatic imine (C=N–C) groups is 1. The number of nitrogens with zero attached hydrogens (tertiary/aromatic N) is 3. The van der Waals surface area contributed by atoms with Crippen LogP contribution < -0.4 is 5.32 Å². The molecule has 2 rings (SSSR count). The second-order valence-electron chi connectivity index (χ2n) is 6.06. The molecule has 9 heteroatoms. The van der Waals surface area contributed by atoms with Crippen LogP contribution in [0.2, 0.25) is 0 Å². The minimum absolute atomic E-state index is 0.0333. The fourth-order valence-corrected chi connectivity index (χ4v) is 4.68. The predicted molar refractivity (Wildman–Crippen MR) is 92.3 cm³/mol. The van der Waals surface area contributed by atoms with Crippen LogP contribution in [0.4, 0.5) is 0 Å². The molecule has 0 saturated carbocycles. The quantitative estimate of drug-likeness (QED) is 0.417. The normalized spacial score (nSPS) is 22.6. The van der Waals surface area contributed by atoms with Crippen molar-refractivity contribution in [2.24, 2.45) is 10.9 Å². The van der Waals surface area contributed by atoms with E-state index in [2.05, 4.69) is 15.2 Å². The van der Waals surface area contributed by atoms with Gasteiger partial charge in [-0.15, -0.1) is 0 Å². The number of sulfonamides is 1. The smallest absolute Gasteiger partial charge is 0.309 e. The van der Waals surface area contributed by atoms with E-state index in [1.54, 1.807) is 7.05 Å². The number of esters is 1. The molecule has 0 bridgehead atoms. The van der Waals surface area contributed by atoms with Gasteiger partial charge in [-0.3, -0.25) is 9.79 Å². The van der Waals surface area contributed by atoms with Gasteiger partial charge in [0.05, 0.1) is 18.3 Å². The topological polar surface area (TPSA) is 91.3 Å². The van der Waals surface area contributed by atoms with Gasteiger partial charge in [0.15, 0.2) is 5.96 Å². The van der Waals surface area contributed by atoms with Crippen molar-refractivity contribution in [3.63, 3.8) is 0 Å². The number of likely N-dealkylation sites (tertiary alicyclic amines) is 1. The maximum atomic E-state index is 11.8. The van der Waals surface area contributed by atoms with Gasteiger partial charge < -0.3 is 15.0 Å². The highest BCUT2D eigenvalue weighted by molar-refractivity contribution is 7.89. The van der Waals surface area contributed by atoms with Crippen LogP contribution >= 0.6 is 0 Å². The van der Waals surface area contributed by atoms with Crippen LogP contribution in [0.1, 0.15) is 26.2 Å². The maximum Gasteiger partial charge on any atom is 0.309 e. The molecule has 24 heavy (non-hydrogen) atoms. The molecule has 2 aliphatic heterocycles. The van der Waals surface area contributed by atoms with E-state index in [0.717, 1.165) is 31.9 Å². The summed E-state index contributed by atoms with van der Waals surface area (Å²) in [5.41, 5.74) is 0. The fourth-order valence-electron chi connectivity index (χ4n) is 3.15. The lowest BCUT2D eigenvalue weighted by Crippen LogP contribution is -2.48. The van der Waals surface area contributed by atoms with Crippen LogP contribution in [0.15, 0.2) is 4.99 Å². The van der Waals surface area contributed by atoms with Gasteiger partial charge in [-0.05, 0) is 26.2 Å². The van der Waals surface area contributed by atoms with E-state index in [1.807, 2.05) is 6.92 Å². The van der Waals surface area contributed by atoms with Crippen molar-refractivity contribution in [3.05, 3.63) is 0 Å². The lowest BCUT2D eigenvalue weighted by Gasteiger charge is -2.33. The summed E-state index contributed by atoms with van der Waals surface area (Å²) in [4.78, 5) is 18.1. The second kappa shape index (κ2) is 8.66.